The molecular weight excluding hydrogens is 474 g/mol. The van der Waals surface area contributed by atoms with Crippen LogP contribution in [-0.2, 0) is 14.4 Å². The molecule has 176 valence electrons. The van der Waals surface area contributed by atoms with Crippen molar-refractivity contribution in [3.8, 4) is 5.75 Å². The van der Waals surface area contributed by atoms with Gasteiger partial charge in [-0.05, 0) is 43.3 Å². The quantitative estimate of drug-likeness (QED) is 0.361. The monoisotopic (exact) mass is 497 g/mol. The maximum absolute atomic E-state index is 12.7. The number of ether oxygens (including phenoxy) is 1. The molecule has 9 nitrogen and oxygen atoms in total. The summed E-state index contributed by atoms with van der Waals surface area (Å²) in [7, 11) is 1.58. The van der Waals surface area contributed by atoms with E-state index in [0.29, 0.717) is 27.5 Å². The Morgan fingerprint density at radius 2 is 1.85 bits per heavy atom. The molecule has 0 aliphatic carbocycles. The molecule has 3 aromatic rings. The number of aryl methyl sites for hydroxylation is 1. The first kappa shape index (κ1) is 23.7. The number of benzene rings is 2. The van der Waals surface area contributed by atoms with Crippen LogP contribution in [0.5, 0.6) is 5.75 Å². The molecule has 1 aromatic heterocycles. The molecule has 2 N–H and O–H groups in total. The molecule has 0 bridgehead atoms. The maximum Gasteiger partial charge on any atom is 0.234 e. The second-order valence-electron chi connectivity index (χ2n) is 7.67. The van der Waals surface area contributed by atoms with Crippen LogP contribution in [0.15, 0.2) is 52.9 Å². The van der Waals surface area contributed by atoms with Gasteiger partial charge in [-0.3, -0.25) is 14.4 Å². The van der Waals surface area contributed by atoms with Crippen LogP contribution >= 0.6 is 23.1 Å². The van der Waals surface area contributed by atoms with Gasteiger partial charge in [-0.15, -0.1) is 10.2 Å². The summed E-state index contributed by atoms with van der Waals surface area (Å²) in [5.41, 5.74) is 2.56. The van der Waals surface area contributed by atoms with Crippen molar-refractivity contribution in [2.75, 3.05) is 34.9 Å². The maximum atomic E-state index is 12.7. The molecule has 1 unspecified atom stereocenters. The van der Waals surface area contributed by atoms with Crippen molar-refractivity contribution < 1.29 is 19.1 Å². The lowest BCUT2D eigenvalue weighted by Gasteiger charge is -2.16. The lowest BCUT2D eigenvalue weighted by Crippen LogP contribution is -2.28. The van der Waals surface area contributed by atoms with E-state index < -0.39 is 5.92 Å². The number of anilines is 3. The Kier molecular flexibility index (Phi) is 7.43. The standard InChI is InChI=1S/C23H23N5O4S2/c1-14-3-7-17(8-4-14)28-12-15(11-20(28)30)21(31)25-22-26-27-23(34-22)33-13-19(29)24-16-5-9-18(32-2)10-6-16/h3-10,15H,11-13H2,1-2H3,(H,24,29)(H,25,26,31). The van der Waals surface area contributed by atoms with Crippen molar-refractivity contribution >= 4 is 57.3 Å². The van der Waals surface area contributed by atoms with Gasteiger partial charge in [0.2, 0.25) is 22.9 Å². The topological polar surface area (TPSA) is 114 Å². The fourth-order valence-corrected chi connectivity index (χ4v) is 4.94. The minimum absolute atomic E-state index is 0.0830. The van der Waals surface area contributed by atoms with E-state index in [0.717, 1.165) is 11.3 Å². The second-order valence-corrected chi connectivity index (χ2v) is 9.87. The lowest BCUT2D eigenvalue weighted by molar-refractivity contribution is -0.122. The molecule has 1 atom stereocenters. The number of thioether (sulfide) groups is 1. The molecule has 2 heterocycles. The molecule has 0 spiro atoms. The van der Waals surface area contributed by atoms with Gasteiger partial charge in [-0.25, -0.2) is 0 Å². The number of hydrogen-bond donors (Lipinski definition) is 2. The molecule has 4 rings (SSSR count). The first-order chi connectivity index (χ1) is 16.4. The summed E-state index contributed by atoms with van der Waals surface area (Å²) in [5, 5.41) is 13.9. The Morgan fingerprint density at radius 3 is 2.56 bits per heavy atom. The van der Waals surface area contributed by atoms with Crippen LogP contribution in [0.2, 0.25) is 0 Å². The molecule has 0 saturated carbocycles. The van der Waals surface area contributed by atoms with Crippen LogP contribution in [0.3, 0.4) is 0 Å². The van der Waals surface area contributed by atoms with E-state index in [1.165, 1.54) is 23.1 Å². The lowest BCUT2D eigenvalue weighted by atomic mass is 10.1. The molecular formula is C23H23N5O4S2. The van der Waals surface area contributed by atoms with Crippen molar-refractivity contribution in [1.29, 1.82) is 0 Å². The summed E-state index contributed by atoms with van der Waals surface area (Å²) >= 11 is 2.42. The normalized spacial score (nSPS) is 15.3. The van der Waals surface area contributed by atoms with E-state index in [1.54, 1.807) is 36.3 Å². The number of aromatic nitrogens is 2. The van der Waals surface area contributed by atoms with Crippen molar-refractivity contribution in [3.05, 3.63) is 54.1 Å². The van der Waals surface area contributed by atoms with Gasteiger partial charge in [0.15, 0.2) is 4.34 Å². The molecule has 1 saturated heterocycles. The summed E-state index contributed by atoms with van der Waals surface area (Å²) in [4.78, 5) is 38.9. The molecule has 3 amide bonds. The average molecular weight is 498 g/mol. The summed E-state index contributed by atoms with van der Waals surface area (Å²) in [6.07, 6.45) is 0.144. The number of hydrogen-bond acceptors (Lipinski definition) is 8. The van der Waals surface area contributed by atoms with E-state index >= 15 is 0 Å². The van der Waals surface area contributed by atoms with Gasteiger partial charge in [0.25, 0.3) is 0 Å². The fourth-order valence-electron chi connectivity index (χ4n) is 3.38. The Morgan fingerprint density at radius 1 is 1.12 bits per heavy atom. The third kappa shape index (κ3) is 5.91. The minimum atomic E-state index is -0.468. The van der Waals surface area contributed by atoms with Crippen LogP contribution in [0.4, 0.5) is 16.5 Å². The smallest absolute Gasteiger partial charge is 0.234 e. The molecule has 1 fully saturated rings. The van der Waals surface area contributed by atoms with Crippen LogP contribution in [0.1, 0.15) is 12.0 Å². The second kappa shape index (κ2) is 10.7. The molecule has 11 heteroatoms. The van der Waals surface area contributed by atoms with Gasteiger partial charge in [-0.2, -0.15) is 0 Å². The van der Waals surface area contributed by atoms with E-state index in [4.69, 9.17) is 4.74 Å². The van der Waals surface area contributed by atoms with E-state index in [-0.39, 0.29) is 29.9 Å². The van der Waals surface area contributed by atoms with Crippen LogP contribution in [-0.4, -0.2) is 47.3 Å². The molecule has 1 aliphatic heterocycles. The average Bonchev–Trinajstić information content (AvgIpc) is 3.45. The highest BCUT2D eigenvalue weighted by Crippen LogP contribution is 2.29. The summed E-state index contributed by atoms with van der Waals surface area (Å²) in [5.74, 6) is -0.147. The largest absolute Gasteiger partial charge is 0.497 e. The predicted molar refractivity (Wildman–Crippen MR) is 133 cm³/mol. The van der Waals surface area contributed by atoms with Crippen molar-refractivity contribution in [2.45, 2.75) is 17.7 Å². The minimum Gasteiger partial charge on any atom is -0.497 e. The first-order valence-corrected chi connectivity index (χ1v) is 12.3. The van der Waals surface area contributed by atoms with E-state index in [9.17, 15) is 14.4 Å². The van der Waals surface area contributed by atoms with Gasteiger partial charge in [-0.1, -0.05) is 40.8 Å². The SMILES string of the molecule is COc1ccc(NC(=O)CSc2nnc(NC(=O)C3CC(=O)N(c4ccc(C)cc4)C3)s2)cc1. The van der Waals surface area contributed by atoms with E-state index in [1.807, 2.05) is 31.2 Å². The van der Waals surface area contributed by atoms with Gasteiger partial charge >= 0.3 is 0 Å². The molecule has 34 heavy (non-hydrogen) atoms. The third-order valence-corrected chi connectivity index (χ3v) is 7.15. The van der Waals surface area contributed by atoms with Crippen molar-refractivity contribution in [3.63, 3.8) is 0 Å². The van der Waals surface area contributed by atoms with Crippen LogP contribution in [0, 0.1) is 12.8 Å². The number of methoxy groups -OCH3 is 1. The van der Waals surface area contributed by atoms with Gasteiger partial charge in [0, 0.05) is 24.3 Å². The molecule has 2 aromatic carbocycles. The summed E-state index contributed by atoms with van der Waals surface area (Å²) in [6.45, 7) is 2.30. The number of carbonyl (C=O) groups is 3. The van der Waals surface area contributed by atoms with E-state index in [2.05, 4.69) is 20.8 Å². The zero-order valence-electron chi connectivity index (χ0n) is 18.6. The third-order valence-electron chi connectivity index (χ3n) is 5.18. The summed E-state index contributed by atoms with van der Waals surface area (Å²) in [6, 6.07) is 14.7. The van der Waals surface area contributed by atoms with Gasteiger partial charge in [0.05, 0.1) is 18.8 Å². The van der Waals surface area contributed by atoms with Crippen molar-refractivity contribution in [1.82, 2.24) is 10.2 Å². The Balaban J connectivity index is 1.26. The first-order valence-electron chi connectivity index (χ1n) is 10.5. The highest BCUT2D eigenvalue weighted by Gasteiger charge is 2.35. The molecule has 1 aliphatic rings. The Labute approximate surface area is 204 Å². The zero-order chi connectivity index (χ0) is 24.1. The number of amides is 3. The number of nitrogens with zero attached hydrogens (tertiary/aromatic N) is 3. The Bertz CT molecular complexity index is 1180. The number of nitrogens with one attached hydrogen (secondary N) is 2. The van der Waals surface area contributed by atoms with Crippen LogP contribution in [0.25, 0.3) is 0 Å². The van der Waals surface area contributed by atoms with Crippen molar-refractivity contribution in [2.24, 2.45) is 5.92 Å². The fraction of sp³-hybridized carbons (Fsp3) is 0.261. The predicted octanol–water partition coefficient (Wildman–Crippen LogP) is 3.58. The highest BCUT2D eigenvalue weighted by atomic mass is 32.2. The highest BCUT2D eigenvalue weighted by molar-refractivity contribution is 8.01. The van der Waals surface area contributed by atoms with Crippen LogP contribution < -0.4 is 20.3 Å². The number of rotatable bonds is 8. The van der Waals surface area contributed by atoms with Gasteiger partial charge in [0.1, 0.15) is 5.75 Å². The number of carbonyl (C=O) groups excluding carboxylic acids is 3. The summed E-state index contributed by atoms with van der Waals surface area (Å²) < 4.78 is 5.66. The zero-order valence-corrected chi connectivity index (χ0v) is 20.2. The Hall–Kier alpha value is -3.44. The van der Waals surface area contributed by atoms with Gasteiger partial charge < -0.3 is 20.3 Å². The molecule has 0 radical (unpaired) electrons.